The molecular weight excluding hydrogens is 264 g/mol. The summed E-state index contributed by atoms with van der Waals surface area (Å²) in [7, 11) is 4.19. The number of hydrogen-bond acceptors (Lipinski definition) is 3. The van der Waals surface area contributed by atoms with E-state index in [4.69, 9.17) is 0 Å². The number of hydrogen-bond donors (Lipinski definition) is 1. The second kappa shape index (κ2) is 5.90. The van der Waals surface area contributed by atoms with Crippen molar-refractivity contribution in [3.05, 3.63) is 59.7 Å². The molecule has 1 atom stereocenters. The van der Waals surface area contributed by atoms with Crippen molar-refractivity contribution in [1.82, 2.24) is 4.90 Å². The number of nitrogens with one attached hydrogen (secondary N) is 1. The van der Waals surface area contributed by atoms with Crippen molar-refractivity contribution >= 4 is 17.4 Å². The molecule has 2 aromatic carbocycles. The van der Waals surface area contributed by atoms with E-state index in [1.807, 2.05) is 11.8 Å². The molecule has 104 valence electrons. The van der Waals surface area contributed by atoms with Gasteiger partial charge in [0, 0.05) is 22.9 Å². The van der Waals surface area contributed by atoms with Crippen molar-refractivity contribution in [3.8, 4) is 0 Å². The van der Waals surface area contributed by atoms with Gasteiger partial charge in [-0.1, -0.05) is 30.3 Å². The fourth-order valence-electron chi connectivity index (χ4n) is 2.55. The Bertz CT molecular complexity index is 578. The number of rotatable bonds is 4. The van der Waals surface area contributed by atoms with E-state index < -0.39 is 0 Å². The van der Waals surface area contributed by atoms with Crippen molar-refractivity contribution in [2.45, 2.75) is 17.5 Å². The van der Waals surface area contributed by atoms with Crippen LogP contribution in [0.1, 0.15) is 17.2 Å². The van der Waals surface area contributed by atoms with E-state index in [1.165, 1.54) is 21.7 Å². The zero-order valence-electron chi connectivity index (χ0n) is 12.0. The first-order valence-corrected chi connectivity index (χ1v) is 7.93. The fraction of sp³-hybridized carbons (Fsp3) is 0.294. The molecule has 0 spiro atoms. The first-order valence-electron chi connectivity index (χ1n) is 6.94. The minimum absolute atomic E-state index is 0.427. The summed E-state index contributed by atoms with van der Waals surface area (Å²) in [6, 6.07) is 17.9. The largest absolute Gasteiger partial charge is 0.377 e. The quantitative estimate of drug-likeness (QED) is 0.913. The smallest absolute Gasteiger partial charge is 0.0618 e. The summed E-state index contributed by atoms with van der Waals surface area (Å²) >= 11 is 1.94. The number of nitrogens with zero attached hydrogens (tertiary/aromatic N) is 1. The third-order valence-corrected chi connectivity index (χ3v) is 4.68. The lowest BCUT2D eigenvalue weighted by Gasteiger charge is -2.16. The molecule has 0 aliphatic carbocycles. The highest BCUT2D eigenvalue weighted by Crippen LogP contribution is 2.39. The van der Waals surface area contributed by atoms with Gasteiger partial charge >= 0.3 is 0 Å². The molecule has 0 saturated carbocycles. The minimum Gasteiger partial charge on any atom is -0.377 e. The zero-order valence-corrected chi connectivity index (χ0v) is 12.8. The molecule has 2 aromatic rings. The average Bonchev–Trinajstić information content (AvgIpc) is 2.84. The lowest BCUT2D eigenvalue weighted by molar-refractivity contribution is 0.402. The number of thioether (sulfide) groups is 1. The number of benzene rings is 2. The maximum atomic E-state index is 3.64. The number of fused-ring (bicyclic) bond motifs is 1. The molecule has 0 bridgehead atoms. The van der Waals surface area contributed by atoms with E-state index in [0.717, 1.165) is 12.3 Å². The van der Waals surface area contributed by atoms with Gasteiger partial charge in [-0.05, 0) is 43.4 Å². The first-order chi connectivity index (χ1) is 9.72. The SMILES string of the molecule is CN(C)Cc1ccc(NC2CSc3ccccc32)cc1. The lowest BCUT2D eigenvalue weighted by atomic mass is 10.1. The van der Waals surface area contributed by atoms with Gasteiger partial charge in [0.2, 0.25) is 0 Å². The van der Waals surface area contributed by atoms with E-state index in [2.05, 4.69) is 72.8 Å². The Balaban J connectivity index is 1.70. The Hall–Kier alpha value is -1.45. The maximum absolute atomic E-state index is 3.64. The van der Waals surface area contributed by atoms with Gasteiger partial charge in [0.25, 0.3) is 0 Å². The van der Waals surface area contributed by atoms with Gasteiger partial charge < -0.3 is 10.2 Å². The van der Waals surface area contributed by atoms with E-state index in [1.54, 1.807) is 0 Å². The van der Waals surface area contributed by atoms with Crippen LogP contribution >= 0.6 is 11.8 Å². The molecule has 3 heteroatoms. The molecule has 1 aliphatic heterocycles. The molecule has 1 N–H and O–H groups in total. The Kier molecular flexibility index (Phi) is 3.99. The van der Waals surface area contributed by atoms with Crippen LogP contribution in [0.25, 0.3) is 0 Å². The standard InChI is InChI=1S/C17H20N2S/c1-19(2)11-13-7-9-14(10-8-13)18-16-12-20-17-6-4-3-5-15(16)17/h3-10,16,18H,11-12H2,1-2H3. The van der Waals surface area contributed by atoms with Gasteiger partial charge in [0.15, 0.2) is 0 Å². The third kappa shape index (κ3) is 3.00. The molecule has 0 radical (unpaired) electrons. The summed E-state index contributed by atoms with van der Waals surface area (Å²) < 4.78 is 0. The topological polar surface area (TPSA) is 15.3 Å². The normalized spacial score (nSPS) is 17.2. The summed E-state index contributed by atoms with van der Waals surface area (Å²) in [6.07, 6.45) is 0. The Morgan fingerprint density at radius 2 is 1.85 bits per heavy atom. The van der Waals surface area contributed by atoms with Gasteiger partial charge in [-0.2, -0.15) is 0 Å². The molecule has 20 heavy (non-hydrogen) atoms. The van der Waals surface area contributed by atoms with Gasteiger partial charge in [-0.25, -0.2) is 0 Å². The fourth-order valence-corrected chi connectivity index (χ4v) is 3.72. The van der Waals surface area contributed by atoms with E-state index >= 15 is 0 Å². The molecule has 1 aliphatic rings. The van der Waals surface area contributed by atoms with Crippen LogP contribution in [0, 0.1) is 0 Å². The monoisotopic (exact) mass is 284 g/mol. The van der Waals surface area contributed by atoms with Crippen molar-refractivity contribution < 1.29 is 0 Å². The van der Waals surface area contributed by atoms with Crippen LogP contribution in [0.4, 0.5) is 5.69 Å². The van der Waals surface area contributed by atoms with Gasteiger partial charge in [0.1, 0.15) is 0 Å². The Labute approximate surface area is 125 Å². The Morgan fingerprint density at radius 3 is 2.60 bits per heavy atom. The van der Waals surface area contributed by atoms with Crippen molar-refractivity contribution in [2.24, 2.45) is 0 Å². The summed E-state index contributed by atoms with van der Waals surface area (Å²) in [5.41, 5.74) is 3.98. The van der Waals surface area contributed by atoms with E-state index in [-0.39, 0.29) is 0 Å². The molecule has 2 nitrogen and oxygen atoms in total. The van der Waals surface area contributed by atoms with Gasteiger partial charge in [-0.3, -0.25) is 0 Å². The molecule has 0 aromatic heterocycles. The van der Waals surface area contributed by atoms with Crippen molar-refractivity contribution in [1.29, 1.82) is 0 Å². The Morgan fingerprint density at radius 1 is 1.10 bits per heavy atom. The highest BCUT2D eigenvalue weighted by atomic mass is 32.2. The van der Waals surface area contributed by atoms with E-state index in [0.29, 0.717) is 6.04 Å². The molecule has 3 rings (SSSR count). The second-order valence-corrected chi connectivity index (χ2v) is 6.54. The summed E-state index contributed by atoms with van der Waals surface area (Å²) in [5.74, 6) is 1.11. The summed E-state index contributed by atoms with van der Waals surface area (Å²) in [5, 5.41) is 3.64. The average molecular weight is 284 g/mol. The van der Waals surface area contributed by atoms with Gasteiger partial charge in [0.05, 0.1) is 6.04 Å². The maximum Gasteiger partial charge on any atom is 0.0618 e. The minimum atomic E-state index is 0.427. The zero-order chi connectivity index (χ0) is 13.9. The second-order valence-electron chi connectivity index (χ2n) is 5.48. The molecule has 0 amide bonds. The van der Waals surface area contributed by atoms with Crippen LogP contribution in [-0.4, -0.2) is 24.7 Å². The summed E-state index contributed by atoms with van der Waals surface area (Å²) in [6.45, 7) is 0.988. The third-order valence-electron chi connectivity index (χ3n) is 3.49. The predicted molar refractivity (Wildman–Crippen MR) is 87.4 cm³/mol. The number of anilines is 1. The lowest BCUT2D eigenvalue weighted by Crippen LogP contribution is -2.11. The first kappa shape index (κ1) is 13.5. The van der Waals surface area contributed by atoms with Crippen LogP contribution < -0.4 is 5.32 Å². The van der Waals surface area contributed by atoms with Crippen molar-refractivity contribution in [3.63, 3.8) is 0 Å². The van der Waals surface area contributed by atoms with Crippen LogP contribution in [0.15, 0.2) is 53.4 Å². The predicted octanol–water partition coefficient (Wildman–Crippen LogP) is 4.01. The molecule has 0 fully saturated rings. The molecule has 1 unspecified atom stereocenters. The van der Waals surface area contributed by atoms with E-state index in [9.17, 15) is 0 Å². The molecular formula is C17H20N2S. The van der Waals surface area contributed by atoms with Crippen molar-refractivity contribution in [2.75, 3.05) is 25.2 Å². The summed E-state index contributed by atoms with van der Waals surface area (Å²) in [4.78, 5) is 3.60. The van der Waals surface area contributed by atoms with Crippen LogP contribution in [0.2, 0.25) is 0 Å². The van der Waals surface area contributed by atoms with Crippen LogP contribution in [-0.2, 0) is 6.54 Å². The van der Waals surface area contributed by atoms with Crippen LogP contribution in [0.3, 0.4) is 0 Å². The highest BCUT2D eigenvalue weighted by molar-refractivity contribution is 7.99. The van der Waals surface area contributed by atoms with Gasteiger partial charge in [-0.15, -0.1) is 11.8 Å². The highest BCUT2D eigenvalue weighted by Gasteiger charge is 2.22. The van der Waals surface area contributed by atoms with Crippen LogP contribution in [0.5, 0.6) is 0 Å². The molecule has 1 heterocycles. The molecule has 0 saturated heterocycles.